The number of rotatable bonds is 2. The molecule has 2 rings (SSSR count). The molecule has 0 amide bonds. The highest BCUT2D eigenvalue weighted by atomic mass is 32.2. The van der Waals surface area contributed by atoms with Gasteiger partial charge in [-0.2, -0.15) is 0 Å². The third kappa shape index (κ3) is 2.66. The summed E-state index contributed by atoms with van der Waals surface area (Å²) in [5.41, 5.74) is 0.504. The highest BCUT2D eigenvalue weighted by Crippen LogP contribution is 2.31. The van der Waals surface area contributed by atoms with Crippen LogP contribution < -0.4 is 0 Å². The van der Waals surface area contributed by atoms with Gasteiger partial charge >= 0.3 is 0 Å². The summed E-state index contributed by atoms with van der Waals surface area (Å²) in [7, 11) is -3.56. The van der Waals surface area contributed by atoms with Crippen LogP contribution in [0.25, 0.3) is 11.1 Å². The molecule has 2 aromatic rings. The number of halogens is 2. The summed E-state index contributed by atoms with van der Waals surface area (Å²) in [5.74, 6) is -1.15. The van der Waals surface area contributed by atoms with Crippen LogP contribution in [0.3, 0.4) is 0 Å². The van der Waals surface area contributed by atoms with Crippen molar-refractivity contribution >= 4 is 9.84 Å². The highest BCUT2D eigenvalue weighted by Gasteiger charge is 2.18. The lowest BCUT2D eigenvalue weighted by atomic mass is 10.0. The Balaban J connectivity index is 2.82. The van der Waals surface area contributed by atoms with Gasteiger partial charge in [-0.1, -0.05) is 18.2 Å². The van der Waals surface area contributed by atoms with Crippen LogP contribution in [0, 0.1) is 18.6 Å². The molecule has 0 aliphatic rings. The van der Waals surface area contributed by atoms with E-state index in [0.717, 1.165) is 24.5 Å². The molecule has 0 saturated carbocycles. The van der Waals surface area contributed by atoms with Crippen molar-refractivity contribution in [2.75, 3.05) is 6.26 Å². The van der Waals surface area contributed by atoms with Crippen molar-refractivity contribution in [3.05, 3.63) is 53.6 Å². The Labute approximate surface area is 110 Å². The third-order valence-electron chi connectivity index (χ3n) is 2.82. The number of sulfone groups is 1. The van der Waals surface area contributed by atoms with Crippen molar-refractivity contribution < 1.29 is 17.2 Å². The van der Waals surface area contributed by atoms with E-state index >= 15 is 0 Å². The maximum absolute atomic E-state index is 14.1. The maximum atomic E-state index is 14.1. The second-order valence-corrected chi connectivity index (χ2v) is 6.33. The van der Waals surface area contributed by atoms with Gasteiger partial charge in [0.2, 0.25) is 0 Å². The summed E-state index contributed by atoms with van der Waals surface area (Å²) in [4.78, 5) is -0.0848. The van der Waals surface area contributed by atoms with Crippen LogP contribution in [-0.2, 0) is 9.84 Å². The van der Waals surface area contributed by atoms with E-state index in [0.29, 0.717) is 5.56 Å². The van der Waals surface area contributed by atoms with Gasteiger partial charge in [0.1, 0.15) is 11.6 Å². The second-order valence-electron chi connectivity index (χ2n) is 4.35. The molecule has 2 aromatic carbocycles. The van der Waals surface area contributed by atoms with Gasteiger partial charge < -0.3 is 0 Å². The van der Waals surface area contributed by atoms with Gasteiger partial charge in [0, 0.05) is 17.4 Å². The fourth-order valence-electron chi connectivity index (χ4n) is 1.89. The lowest BCUT2D eigenvalue weighted by Gasteiger charge is -2.10. The molecule has 0 aliphatic carbocycles. The Bertz CT molecular complexity index is 737. The molecule has 0 aromatic heterocycles. The number of aryl methyl sites for hydroxylation is 1. The minimum atomic E-state index is -3.56. The molecule has 0 aliphatic heterocycles. The van der Waals surface area contributed by atoms with E-state index in [2.05, 4.69) is 0 Å². The first-order valence-corrected chi connectivity index (χ1v) is 7.45. The van der Waals surface area contributed by atoms with Crippen molar-refractivity contribution in [3.8, 4) is 11.1 Å². The Morgan fingerprint density at radius 2 is 1.68 bits per heavy atom. The molecular weight excluding hydrogens is 270 g/mol. The summed E-state index contributed by atoms with van der Waals surface area (Å²) in [6, 6.07) is 7.85. The molecule has 0 unspecified atom stereocenters. The number of hydrogen-bond donors (Lipinski definition) is 0. The predicted octanol–water partition coefficient (Wildman–Crippen LogP) is 3.34. The van der Waals surface area contributed by atoms with Crippen molar-refractivity contribution in [2.45, 2.75) is 11.8 Å². The van der Waals surface area contributed by atoms with Crippen LogP contribution in [-0.4, -0.2) is 14.7 Å². The molecule has 0 bridgehead atoms. The molecule has 0 spiro atoms. The predicted molar refractivity (Wildman–Crippen MR) is 69.6 cm³/mol. The minimum absolute atomic E-state index is 0.0451. The molecule has 0 fully saturated rings. The lowest BCUT2D eigenvalue weighted by molar-refractivity contribution is 0.600. The molecular formula is C14H12F2O2S. The first-order chi connectivity index (χ1) is 8.80. The largest absolute Gasteiger partial charge is 0.224 e. The summed E-state index contributed by atoms with van der Waals surface area (Å²) < 4.78 is 50.8. The van der Waals surface area contributed by atoms with Gasteiger partial charge in [0.25, 0.3) is 0 Å². The quantitative estimate of drug-likeness (QED) is 0.792. The van der Waals surface area contributed by atoms with Gasteiger partial charge in [0.05, 0.1) is 4.90 Å². The third-order valence-corrected chi connectivity index (χ3v) is 3.98. The molecule has 0 radical (unpaired) electrons. The molecule has 0 N–H and O–H groups in total. The van der Waals surface area contributed by atoms with Crippen LogP contribution in [0.2, 0.25) is 0 Å². The van der Waals surface area contributed by atoms with Crippen LogP contribution >= 0.6 is 0 Å². The van der Waals surface area contributed by atoms with Crippen LogP contribution in [0.1, 0.15) is 5.56 Å². The smallest absolute Gasteiger partial charge is 0.176 e. The van der Waals surface area contributed by atoms with Gasteiger partial charge in [-0.05, 0) is 30.7 Å². The molecule has 5 heteroatoms. The highest BCUT2D eigenvalue weighted by molar-refractivity contribution is 7.90. The standard InChI is InChI=1S/C14H12F2O2S/c1-9-4-3-5-11(14(9)16)12-8-10(15)6-7-13(12)19(2,17)18/h3-8H,1-2H3. The van der Waals surface area contributed by atoms with Gasteiger partial charge in [-0.25, -0.2) is 17.2 Å². The zero-order chi connectivity index (χ0) is 14.2. The summed E-state index contributed by atoms with van der Waals surface area (Å²) in [6.45, 7) is 1.57. The maximum Gasteiger partial charge on any atom is 0.176 e. The average Bonchev–Trinajstić information content (AvgIpc) is 2.31. The van der Waals surface area contributed by atoms with E-state index < -0.39 is 21.5 Å². The van der Waals surface area contributed by atoms with Gasteiger partial charge in [0.15, 0.2) is 9.84 Å². The Morgan fingerprint density at radius 3 is 2.32 bits per heavy atom. The molecule has 0 atom stereocenters. The van der Waals surface area contributed by atoms with E-state index in [1.54, 1.807) is 19.1 Å². The van der Waals surface area contributed by atoms with Crippen molar-refractivity contribution in [3.63, 3.8) is 0 Å². The van der Waals surface area contributed by atoms with Crippen molar-refractivity contribution in [2.24, 2.45) is 0 Å². The topological polar surface area (TPSA) is 34.1 Å². The molecule has 19 heavy (non-hydrogen) atoms. The average molecular weight is 282 g/mol. The second kappa shape index (κ2) is 4.74. The number of benzene rings is 2. The summed E-state index contributed by atoms with van der Waals surface area (Å²) >= 11 is 0. The lowest BCUT2D eigenvalue weighted by Crippen LogP contribution is -2.02. The fourth-order valence-corrected chi connectivity index (χ4v) is 2.78. The Hall–Kier alpha value is -1.75. The summed E-state index contributed by atoms with van der Waals surface area (Å²) in [6.07, 6.45) is 1.01. The summed E-state index contributed by atoms with van der Waals surface area (Å²) in [5, 5.41) is 0. The van der Waals surface area contributed by atoms with Gasteiger partial charge in [-0.3, -0.25) is 0 Å². The normalized spacial score (nSPS) is 11.6. The van der Waals surface area contributed by atoms with Crippen LogP contribution in [0.4, 0.5) is 8.78 Å². The van der Waals surface area contributed by atoms with E-state index in [1.807, 2.05) is 0 Å². The molecule has 100 valence electrons. The minimum Gasteiger partial charge on any atom is -0.224 e. The van der Waals surface area contributed by atoms with Crippen molar-refractivity contribution in [1.29, 1.82) is 0 Å². The van der Waals surface area contributed by atoms with E-state index in [1.165, 1.54) is 6.07 Å². The Morgan fingerprint density at radius 1 is 1.00 bits per heavy atom. The van der Waals surface area contributed by atoms with Crippen LogP contribution in [0.15, 0.2) is 41.3 Å². The fraction of sp³-hybridized carbons (Fsp3) is 0.143. The molecule has 0 saturated heterocycles. The SMILES string of the molecule is Cc1cccc(-c2cc(F)ccc2S(C)(=O)=O)c1F. The first-order valence-electron chi connectivity index (χ1n) is 5.56. The van der Waals surface area contributed by atoms with E-state index in [4.69, 9.17) is 0 Å². The Kier molecular flexibility index (Phi) is 3.41. The van der Waals surface area contributed by atoms with E-state index in [-0.39, 0.29) is 16.0 Å². The number of hydrogen-bond acceptors (Lipinski definition) is 2. The van der Waals surface area contributed by atoms with E-state index in [9.17, 15) is 17.2 Å². The molecule has 0 heterocycles. The van der Waals surface area contributed by atoms with Crippen molar-refractivity contribution in [1.82, 2.24) is 0 Å². The zero-order valence-corrected chi connectivity index (χ0v) is 11.3. The molecule has 2 nitrogen and oxygen atoms in total. The first kappa shape index (κ1) is 13.7. The monoisotopic (exact) mass is 282 g/mol. The van der Waals surface area contributed by atoms with Crippen LogP contribution in [0.5, 0.6) is 0 Å². The van der Waals surface area contributed by atoms with Gasteiger partial charge in [-0.15, -0.1) is 0 Å². The zero-order valence-electron chi connectivity index (χ0n) is 10.4.